The lowest BCUT2D eigenvalue weighted by Crippen LogP contribution is -2.47. The molecule has 0 bridgehead atoms. The van der Waals surface area contributed by atoms with Gasteiger partial charge in [-0.15, -0.1) is 0 Å². The number of ether oxygens (including phenoxy) is 1. The predicted octanol–water partition coefficient (Wildman–Crippen LogP) is 1.67. The molecular formula is C14H28N2O4S. The zero-order valence-electron chi connectivity index (χ0n) is 13.3. The number of methoxy groups -OCH3 is 1. The van der Waals surface area contributed by atoms with Crippen LogP contribution >= 0.6 is 0 Å². The number of hydrogen-bond donors (Lipinski definition) is 1. The molecule has 7 heteroatoms. The lowest BCUT2D eigenvalue weighted by molar-refractivity contribution is -0.140. The van der Waals surface area contributed by atoms with Gasteiger partial charge in [0.05, 0.1) is 13.5 Å². The molecule has 0 aromatic heterocycles. The lowest BCUT2D eigenvalue weighted by atomic mass is 9.83. The molecule has 0 aliphatic heterocycles. The number of nitrogens with one attached hydrogen (secondary N) is 1. The number of esters is 1. The Balaban J connectivity index is 2.57. The van der Waals surface area contributed by atoms with Crippen molar-refractivity contribution in [3.05, 3.63) is 0 Å². The fourth-order valence-electron chi connectivity index (χ4n) is 2.80. The number of carbonyl (C=O) groups excluding carboxylic acids is 1. The van der Waals surface area contributed by atoms with E-state index >= 15 is 0 Å². The van der Waals surface area contributed by atoms with Gasteiger partial charge in [0, 0.05) is 19.6 Å². The number of carbonyl (C=O) groups is 1. The Kier molecular flexibility index (Phi) is 7.62. The Morgan fingerprint density at radius 2 is 1.95 bits per heavy atom. The Labute approximate surface area is 128 Å². The molecule has 0 amide bonds. The van der Waals surface area contributed by atoms with Gasteiger partial charge in [-0.3, -0.25) is 4.79 Å². The Morgan fingerprint density at radius 1 is 1.33 bits per heavy atom. The van der Waals surface area contributed by atoms with E-state index in [0.717, 1.165) is 19.3 Å². The van der Waals surface area contributed by atoms with Gasteiger partial charge in [0.2, 0.25) is 0 Å². The van der Waals surface area contributed by atoms with Crippen LogP contribution in [0.4, 0.5) is 0 Å². The van der Waals surface area contributed by atoms with Crippen molar-refractivity contribution in [2.24, 2.45) is 5.92 Å². The number of hydrogen-bond acceptors (Lipinski definition) is 4. The largest absolute Gasteiger partial charge is 0.469 e. The fourth-order valence-corrected chi connectivity index (χ4v) is 4.05. The molecule has 1 rings (SSSR count). The molecule has 1 atom stereocenters. The molecule has 1 aliphatic rings. The molecule has 0 radical (unpaired) electrons. The molecular weight excluding hydrogens is 292 g/mol. The lowest BCUT2D eigenvalue weighted by Gasteiger charge is -2.31. The van der Waals surface area contributed by atoms with Crippen LogP contribution in [0.5, 0.6) is 0 Å². The van der Waals surface area contributed by atoms with Crippen molar-refractivity contribution in [3.63, 3.8) is 0 Å². The van der Waals surface area contributed by atoms with Crippen molar-refractivity contribution in [1.82, 2.24) is 9.03 Å². The maximum atomic E-state index is 12.3. The molecule has 1 unspecified atom stereocenters. The average molecular weight is 320 g/mol. The Bertz CT molecular complexity index is 419. The van der Waals surface area contributed by atoms with E-state index in [2.05, 4.69) is 9.46 Å². The van der Waals surface area contributed by atoms with Crippen LogP contribution in [0.25, 0.3) is 0 Å². The molecule has 0 aromatic rings. The normalized spacial score (nSPS) is 18.7. The average Bonchev–Trinajstić information content (AvgIpc) is 2.50. The quantitative estimate of drug-likeness (QED) is 0.690. The van der Waals surface area contributed by atoms with Crippen molar-refractivity contribution in [1.29, 1.82) is 0 Å². The van der Waals surface area contributed by atoms with Crippen LogP contribution in [0.15, 0.2) is 0 Å². The molecule has 1 aliphatic carbocycles. The topological polar surface area (TPSA) is 75.7 Å². The highest BCUT2D eigenvalue weighted by atomic mass is 32.2. The summed E-state index contributed by atoms with van der Waals surface area (Å²) in [5, 5.41) is 0. The van der Waals surface area contributed by atoms with Crippen LogP contribution in [0.2, 0.25) is 0 Å². The standard InChI is InChI=1S/C14H28N2O4S/c1-4-13(12-8-6-5-7-9-12)15-21(18,19)16(2)11-10-14(17)20-3/h12-13,15H,4-11H2,1-3H3. The van der Waals surface area contributed by atoms with Crippen molar-refractivity contribution in [2.75, 3.05) is 20.7 Å². The molecule has 1 fully saturated rings. The van der Waals surface area contributed by atoms with E-state index in [0.29, 0.717) is 5.92 Å². The molecule has 1 N–H and O–H groups in total. The second-order valence-electron chi connectivity index (χ2n) is 5.68. The van der Waals surface area contributed by atoms with Crippen molar-refractivity contribution < 1.29 is 17.9 Å². The SMILES string of the molecule is CCC(NS(=O)(=O)N(C)CCC(=O)OC)C1CCCCC1. The maximum absolute atomic E-state index is 12.3. The first-order chi connectivity index (χ1) is 9.90. The van der Waals surface area contributed by atoms with Gasteiger partial charge < -0.3 is 4.74 Å². The minimum Gasteiger partial charge on any atom is -0.469 e. The summed E-state index contributed by atoms with van der Waals surface area (Å²) < 4.78 is 33.1. The molecule has 6 nitrogen and oxygen atoms in total. The van der Waals surface area contributed by atoms with Crippen LogP contribution in [0.3, 0.4) is 0 Å². The highest BCUT2D eigenvalue weighted by molar-refractivity contribution is 7.87. The van der Waals surface area contributed by atoms with Crippen molar-refractivity contribution in [3.8, 4) is 0 Å². The zero-order valence-corrected chi connectivity index (χ0v) is 14.1. The molecule has 0 heterocycles. The van der Waals surface area contributed by atoms with Crippen molar-refractivity contribution in [2.45, 2.75) is 57.9 Å². The maximum Gasteiger partial charge on any atom is 0.306 e. The monoisotopic (exact) mass is 320 g/mol. The second kappa shape index (κ2) is 8.70. The van der Waals surface area contributed by atoms with E-state index in [1.165, 1.54) is 37.7 Å². The van der Waals surface area contributed by atoms with Crippen LogP contribution < -0.4 is 4.72 Å². The minimum atomic E-state index is -3.55. The van der Waals surface area contributed by atoms with Gasteiger partial charge in [-0.05, 0) is 25.2 Å². The van der Waals surface area contributed by atoms with Crippen LogP contribution in [-0.2, 0) is 19.7 Å². The number of nitrogens with zero attached hydrogens (tertiary/aromatic N) is 1. The summed E-state index contributed by atoms with van der Waals surface area (Å²) in [5.74, 6) is 0.0175. The van der Waals surface area contributed by atoms with Crippen LogP contribution in [-0.4, -0.2) is 45.4 Å². The highest BCUT2D eigenvalue weighted by Gasteiger charge is 2.28. The van der Waals surface area contributed by atoms with Crippen LogP contribution in [0, 0.1) is 5.92 Å². The van der Waals surface area contributed by atoms with Gasteiger partial charge in [-0.2, -0.15) is 17.4 Å². The summed E-state index contributed by atoms with van der Waals surface area (Å²) in [5.41, 5.74) is 0. The molecule has 124 valence electrons. The first-order valence-electron chi connectivity index (χ1n) is 7.71. The zero-order chi connectivity index (χ0) is 15.9. The van der Waals surface area contributed by atoms with E-state index in [1.54, 1.807) is 0 Å². The third-order valence-electron chi connectivity index (χ3n) is 4.23. The summed E-state index contributed by atoms with van der Waals surface area (Å²) in [7, 11) is -0.767. The highest BCUT2D eigenvalue weighted by Crippen LogP contribution is 2.28. The summed E-state index contributed by atoms with van der Waals surface area (Å²) in [6.45, 7) is 2.14. The van der Waals surface area contributed by atoms with Crippen molar-refractivity contribution >= 4 is 16.2 Å². The second-order valence-corrected chi connectivity index (χ2v) is 7.49. The molecule has 21 heavy (non-hydrogen) atoms. The molecule has 0 spiro atoms. The van der Waals surface area contributed by atoms with E-state index in [9.17, 15) is 13.2 Å². The van der Waals surface area contributed by atoms with Gasteiger partial charge in [0.1, 0.15) is 0 Å². The summed E-state index contributed by atoms with van der Waals surface area (Å²) in [6, 6.07) is -0.0177. The first kappa shape index (κ1) is 18.4. The van der Waals surface area contributed by atoms with Gasteiger partial charge >= 0.3 is 5.97 Å². The molecule has 0 saturated heterocycles. The smallest absolute Gasteiger partial charge is 0.306 e. The third-order valence-corrected chi connectivity index (χ3v) is 5.83. The Morgan fingerprint density at radius 3 is 2.48 bits per heavy atom. The summed E-state index contributed by atoms with van der Waals surface area (Å²) >= 11 is 0. The minimum absolute atomic E-state index is 0.0177. The van der Waals surface area contributed by atoms with Gasteiger partial charge in [-0.25, -0.2) is 0 Å². The van der Waals surface area contributed by atoms with E-state index < -0.39 is 16.2 Å². The van der Waals surface area contributed by atoms with E-state index in [1.807, 2.05) is 6.92 Å². The Hall–Kier alpha value is -0.660. The third kappa shape index (κ3) is 5.92. The fraction of sp³-hybridized carbons (Fsp3) is 0.929. The van der Waals surface area contributed by atoms with Gasteiger partial charge in [0.15, 0.2) is 0 Å². The van der Waals surface area contributed by atoms with Crippen LogP contribution in [0.1, 0.15) is 51.9 Å². The molecule has 0 aromatic carbocycles. The molecule has 1 saturated carbocycles. The predicted molar refractivity (Wildman–Crippen MR) is 82.0 cm³/mol. The van der Waals surface area contributed by atoms with Gasteiger partial charge in [0.25, 0.3) is 10.2 Å². The van der Waals surface area contributed by atoms with Gasteiger partial charge in [-0.1, -0.05) is 26.2 Å². The van der Waals surface area contributed by atoms with E-state index in [-0.39, 0.29) is 19.0 Å². The number of rotatable bonds is 8. The van der Waals surface area contributed by atoms with E-state index in [4.69, 9.17) is 0 Å². The first-order valence-corrected chi connectivity index (χ1v) is 9.15. The summed E-state index contributed by atoms with van der Waals surface area (Å²) in [6.07, 6.45) is 6.64. The summed E-state index contributed by atoms with van der Waals surface area (Å²) in [4.78, 5) is 11.1.